The van der Waals surface area contributed by atoms with Crippen LogP contribution in [0.3, 0.4) is 0 Å². The van der Waals surface area contributed by atoms with Gasteiger partial charge in [-0.2, -0.15) is 0 Å². The van der Waals surface area contributed by atoms with Gasteiger partial charge in [0.1, 0.15) is 5.54 Å². The summed E-state index contributed by atoms with van der Waals surface area (Å²) in [5.41, 5.74) is 0.621. The van der Waals surface area contributed by atoms with Crippen molar-refractivity contribution in [2.45, 2.75) is 11.5 Å². The van der Waals surface area contributed by atoms with Crippen molar-refractivity contribution < 1.29 is 18.9 Å². The average Bonchev–Trinajstić information content (AvgIpc) is 3.47. The molecule has 1 amide bonds. The van der Waals surface area contributed by atoms with Crippen molar-refractivity contribution in [3.05, 3.63) is 92.3 Å². The van der Waals surface area contributed by atoms with E-state index < -0.39 is 22.3 Å². The van der Waals surface area contributed by atoms with Crippen LogP contribution in [0, 0.1) is 16.0 Å². The zero-order valence-electron chi connectivity index (χ0n) is 16.9. The molecule has 1 fully saturated rings. The molecule has 162 valence electrons. The fraction of sp³-hybridized carbons (Fsp3) is 0.217. The molecule has 3 atom stereocenters. The van der Waals surface area contributed by atoms with E-state index in [2.05, 4.69) is 21.2 Å². The van der Waals surface area contributed by atoms with Gasteiger partial charge >= 0.3 is 0 Å². The molecule has 1 saturated heterocycles. The number of carbonyl (C=O) groups excluding carboxylic acids is 2. The molecule has 8 nitrogen and oxygen atoms in total. The van der Waals surface area contributed by atoms with Gasteiger partial charge in [0.25, 0.3) is 5.69 Å². The smallest absolute Gasteiger partial charge is 0.269 e. The first-order chi connectivity index (χ1) is 15.3. The molecule has 9 heteroatoms. The molecule has 3 aromatic rings. The lowest BCUT2D eigenvalue weighted by Gasteiger charge is -2.35. The third kappa shape index (κ3) is 2.85. The van der Waals surface area contributed by atoms with Crippen LogP contribution in [0.1, 0.15) is 27.6 Å². The number of ketones is 1. The number of furan rings is 1. The summed E-state index contributed by atoms with van der Waals surface area (Å²) in [7, 11) is 1.80. The predicted octanol–water partition coefficient (Wildman–Crippen LogP) is 4.33. The number of anilines is 1. The molecule has 0 radical (unpaired) electrons. The van der Waals surface area contributed by atoms with E-state index in [4.69, 9.17) is 4.42 Å². The minimum absolute atomic E-state index is 0.0608. The van der Waals surface area contributed by atoms with Crippen molar-refractivity contribution in [2.75, 3.05) is 18.9 Å². The molecule has 3 heterocycles. The number of Topliss-reactive ketones (excluding diaryl/α,β-unsaturated/α-hetero) is 1. The molecule has 0 bridgehead atoms. The molecule has 2 aliphatic heterocycles. The zero-order valence-corrected chi connectivity index (χ0v) is 18.5. The lowest BCUT2D eigenvalue weighted by atomic mass is 9.71. The molecule has 0 aliphatic carbocycles. The number of non-ortho nitro benzene ring substituents is 1. The Morgan fingerprint density at radius 1 is 1.25 bits per heavy atom. The molecule has 5 rings (SSSR count). The van der Waals surface area contributed by atoms with Crippen LogP contribution in [0.5, 0.6) is 0 Å². The van der Waals surface area contributed by atoms with Crippen molar-refractivity contribution in [1.82, 2.24) is 4.90 Å². The van der Waals surface area contributed by atoms with E-state index in [-0.39, 0.29) is 23.1 Å². The van der Waals surface area contributed by atoms with Gasteiger partial charge in [-0.3, -0.25) is 24.6 Å². The number of nitrogens with zero attached hydrogens (tertiary/aromatic N) is 2. The Bertz CT molecular complexity index is 1260. The second-order valence-corrected chi connectivity index (χ2v) is 8.98. The number of hydrogen-bond donors (Lipinski definition) is 1. The second kappa shape index (κ2) is 7.39. The van der Waals surface area contributed by atoms with Crippen LogP contribution in [0.15, 0.2) is 69.8 Å². The SMILES string of the molecule is CN1C[C@H](c2cccc([N+](=O)[O-])c2)[C@H](C(=O)c2ccco2)[C@]12C(=O)Nc1ccc(Br)cc12. The number of halogens is 1. The Hall–Kier alpha value is -3.30. The molecule has 2 aromatic carbocycles. The molecule has 0 unspecified atom stereocenters. The lowest BCUT2D eigenvalue weighted by molar-refractivity contribution is -0.384. The summed E-state index contributed by atoms with van der Waals surface area (Å²) in [5.74, 6) is -1.79. The van der Waals surface area contributed by atoms with Crippen molar-refractivity contribution in [2.24, 2.45) is 5.92 Å². The maximum atomic E-state index is 13.8. The number of rotatable bonds is 4. The maximum absolute atomic E-state index is 13.8. The van der Waals surface area contributed by atoms with E-state index in [0.29, 0.717) is 23.4 Å². The minimum atomic E-state index is -1.28. The summed E-state index contributed by atoms with van der Waals surface area (Å²) < 4.78 is 6.20. The summed E-state index contributed by atoms with van der Waals surface area (Å²) in [6, 6.07) is 14.9. The number of amides is 1. The van der Waals surface area contributed by atoms with Crippen LogP contribution in [0.2, 0.25) is 0 Å². The lowest BCUT2D eigenvalue weighted by Crippen LogP contribution is -2.51. The van der Waals surface area contributed by atoms with Crippen LogP contribution in [-0.2, 0) is 10.3 Å². The first-order valence-electron chi connectivity index (χ1n) is 9.99. The predicted molar refractivity (Wildman–Crippen MR) is 119 cm³/mol. The van der Waals surface area contributed by atoms with Crippen LogP contribution in [0.25, 0.3) is 0 Å². The summed E-state index contributed by atoms with van der Waals surface area (Å²) in [5, 5.41) is 14.3. The second-order valence-electron chi connectivity index (χ2n) is 8.07. The minimum Gasteiger partial charge on any atom is -0.461 e. The number of nitro benzene ring substituents is 1. The van der Waals surface area contributed by atoms with Crippen molar-refractivity contribution in [1.29, 1.82) is 0 Å². The zero-order chi connectivity index (χ0) is 22.6. The van der Waals surface area contributed by atoms with Crippen LogP contribution in [-0.4, -0.2) is 35.1 Å². The van der Waals surface area contributed by atoms with Crippen LogP contribution >= 0.6 is 15.9 Å². The molecule has 1 spiro atoms. The monoisotopic (exact) mass is 495 g/mol. The van der Waals surface area contributed by atoms with Gasteiger partial charge in [0, 0.05) is 40.3 Å². The summed E-state index contributed by atoms with van der Waals surface area (Å²) in [6.45, 7) is 0.359. The molecule has 1 aromatic heterocycles. The number of fused-ring (bicyclic) bond motifs is 2. The molecule has 0 saturated carbocycles. The number of likely N-dealkylation sites (N-methyl/N-ethyl adjacent to an activating group) is 1. The Balaban J connectivity index is 1.74. The molecular weight excluding hydrogens is 478 g/mol. The highest BCUT2D eigenvalue weighted by Crippen LogP contribution is 2.56. The van der Waals surface area contributed by atoms with E-state index in [1.807, 2.05) is 17.0 Å². The quantitative estimate of drug-likeness (QED) is 0.328. The van der Waals surface area contributed by atoms with Gasteiger partial charge < -0.3 is 9.73 Å². The summed E-state index contributed by atoms with van der Waals surface area (Å²) in [6.07, 6.45) is 1.42. The first kappa shape index (κ1) is 20.6. The fourth-order valence-corrected chi connectivity index (χ4v) is 5.51. The number of likely N-dealkylation sites (tertiary alicyclic amines) is 1. The highest BCUT2D eigenvalue weighted by Gasteiger charge is 2.64. The van der Waals surface area contributed by atoms with E-state index in [1.165, 1.54) is 18.4 Å². The van der Waals surface area contributed by atoms with E-state index in [9.17, 15) is 19.7 Å². The highest BCUT2D eigenvalue weighted by molar-refractivity contribution is 9.10. The number of benzene rings is 2. The highest BCUT2D eigenvalue weighted by atomic mass is 79.9. The van der Waals surface area contributed by atoms with E-state index >= 15 is 0 Å². The molecule has 2 aliphatic rings. The average molecular weight is 496 g/mol. The maximum Gasteiger partial charge on any atom is 0.269 e. The van der Waals surface area contributed by atoms with Gasteiger partial charge in [-0.25, -0.2) is 0 Å². The van der Waals surface area contributed by atoms with E-state index in [1.54, 1.807) is 37.4 Å². The van der Waals surface area contributed by atoms with Gasteiger partial charge in [-0.05, 0) is 42.9 Å². The van der Waals surface area contributed by atoms with Crippen LogP contribution < -0.4 is 5.32 Å². The molecule has 1 N–H and O–H groups in total. The Morgan fingerprint density at radius 2 is 2.06 bits per heavy atom. The first-order valence-corrected chi connectivity index (χ1v) is 10.8. The molecular formula is C23H18BrN3O5. The third-order valence-electron chi connectivity index (χ3n) is 6.47. The Labute approximate surface area is 191 Å². The summed E-state index contributed by atoms with van der Waals surface area (Å²) >= 11 is 3.48. The largest absolute Gasteiger partial charge is 0.461 e. The van der Waals surface area contributed by atoms with Crippen molar-refractivity contribution >= 4 is 39.0 Å². The van der Waals surface area contributed by atoms with Crippen molar-refractivity contribution in [3.63, 3.8) is 0 Å². The van der Waals surface area contributed by atoms with Gasteiger partial charge in [0.05, 0.1) is 17.1 Å². The van der Waals surface area contributed by atoms with Crippen molar-refractivity contribution in [3.8, 4) is 0 Å². The number of nitrogens with one attached hydrogen (secondary N) is 1. The fourth-order valence-electron chi connectivity index (χ4n) is 5.15. The topological polar surface area (TPSA) is 106 Å². The Kier molecular flexibility index (Phi) is 4.75. The van der Waals surface area contributed by atoms with E-state index in [0.717, 1.165) is 4.47 Å². The third-order valence-corrected chi connectivity index (χ3v) is 6.96. The normalized spacial score (nSPS) is 24.5. The standard InChI is InChI=1S/C23H18BrN3O5/c1-26-12-16(13-4-2-5-15(10-13)27(30)31)20(21(28)19-6-3-9-32-19)23(26)17-11-14(24)7-8-18(17)25-22(23)29/h2-11,16,20H,12H2,1H3,(H,25,29)/t16-,20-,23-/m1/s1. The van der Waals surface area contributed by atoms with Gasteiger partial charge in [0.2, 0.25) is 11.7 Å². The number of hydrogen-bond acceptors (Lipinski definition) is 6. The molecule has 32 heavy (non-hydrogen) atoms. The number of nitro groups is 1. The Morgan fingerprint density at radius 3 is 2.78 bits per heavy atom. The van der Waals surface area contributed by atoms with Gasteiger partial charge in [-0.1, -0.05) is 28.1 Å². The van der Waals surface area contributed by atoms with Gasteiger partial charge in [-0.15, -0.1) is 0 Å². The van der Waals surface area contributed by atoms with Crippen LogP contribution in [0.4, 0.5) is 11.4 Å². The van der Waals surface area contributed by atoms with Gasteiger partial charge in [0.15, 0.2) is 5.76 Å². The number of carbonyl (C=O) groups is 2. The summed E-state index contributed by atoms with van der Waals surface area (Å²) in [4.78, 5) is 40.2.